The number of carbonyl (C=O) groups excluding carboxylic acids is 2. The summed E-state index contributed by atoms with van der Waals surface area (Å²) in [5, 5.41) is 23.7. The van der Waals surface area contributed by atoms with Crippen LogP contribution in [0.1, 0.15) is 83.8 Å². The third-order valence-corrected chi connectivity index (χ3v) is 10.9. The summed E-state index contributed by atoms with van der Waals surface area (Å²) in [5.74, 6) is 7.12. The molecule has 6 N–H and O–H groups in total. The Morgan fingerprint density at radius 2 is 0.967 bits per heavy atom. The fraction of sp³-hybridized carbons (Fsp3) is 0.217. The summed E-state index contributed by atoms with van der Waals surface area (Å²) in [7, 11) is 0. The monoisotopic (exact) mass is 802 g/mol. The minimum Gasteiger partial charge on any atom is -0.465 e. The Bertz CT molecular complexity index is 2370. The van der Waals surface area contributed by atoms with Crippen LogP contribution in [0.4, 0.5) is 9.59 Å². The van der Waals surface area contributed by atoms with Crippen molar-refractivity contribution >= 4 is 24.0 Å². The molecular weight excluding hydrogens is 761 g/mol. The Hall–Kier alpha value is -7.66. The smallest absolute Gasteiger partial charge is 0.405 e. The summed E-state index contributed by atoms with van der Waals surface area (Å²) in [6, 6.07) is 30.6. The first kappa shape index (κ1) is 39.2. The lowest BCUT2D eigenvalue weighted by atomic mass is 10.1. The van der Waals surface area contributed by atoms with Crippen LogP contribution in [0, 0.1) is 11.8 Å². The molecule has 4 atom stereocenters. The van der Waals surface area contributed by atoms with Crippen molar-refractivity contribution in [2.45, 2.75) is 49.9 Å². The third kappa shape index (κ3) is 8.60. The molecule has 4 amide bonds. The molecule has 0 aliphatic carbocycles. The number of hydrogen-bond acceptors (Lipinski definition) is 6. The highest BCUT2D eigenvalue weighted by molar-refractivity contribution is 5.88. The molecule has 0 saturated carbocycles. The first-order chi connectivity index (χ1) is 29.2. The highest BCUT2D eigenvalue weighted by atomic mass is 16.4. The minimum atomic E-state index is -1.27. The van der Waals surface area contributed by atoms with Gasteiger partial charge in [0.05, 0.1) is 35.9 Å². The van der Waals surface area contributed by atoms with E-state index in [0.717, 1.165) is 46.5 Å². The van der Waals surface area contributed by atoms with Crippen molar-refractivity contribution in [1.29, 1.82) is 0 Å². The quantitative estimate of drug-likeness (QED) is 0.0782. The molecule has 2 aliphatic rings. The molecule has 4 aromatic carbocycles. The van der Waals surface area contributed by atoms with E-state index in [1.165, 1.54) is 0 Å². The molecule has 0 spiro atoms. The average molecular weight is 803 g/mol. The number of carbonyl (C=O) groups is 4. The Kier molecular flexibility index (Phi) is 11.4. The number of carboxylic acid groups (broad SMARTS) is 2. The maximum atomic E-state index is 13.7. The number of nitrogens with one attached hydrogen (secondary N) is 4. The number of amides is 4. The fourth-order valence-corrected chi connectivity index (χ4v) is 7.99. The highest BCUT2D eigenvalue weighted by Gasteiger charge is 2.38. The van der Waals surface area contributed by atoms with Gasteiger partial charge in [0.2, 0.25) is 0 Å². The number of aromatic nitrogens is 4. The first-order valence-electron chi connectivity index (χ1n) is 19.7. The number of imidazole rings is 2. The molecule has 0 radical (unpaired) electrons. The van der Waals surface area contributed by atoms with Gasteiger partial charge in [-0.3, -0.25) is 9.59 Å². The fourth-order valence-electron chi connectivity index (χ4n) is 7.99. The second-order valence-electron chi connectivity index (χ2n) is 14.7. The molecule has 6 aromatic rings. The number of benzene rings is 4. The predicted octanol–water partition coefficient (Wildman–Crippen LogP) is 7.21. The van der Waals surface area contributed by atoms with Crippen LogP contribution in [-0.4, -0.2) is 77.0 Å². The maximum absolute atomic E-state index is 13.7. The Labute approximate surface area is 345 Å². The van der Waals surface area contributed by atoms with Crippen molar-refractivity contribution in [2.24, 2.45) is 0 Å². The van der Waals surface area contributed by atoms with Gasteiger partial charge in [0.25, 0.3) is 11.8 Å². The highest BCUT2D eigenvalue weighted by Crippen LogP contribution is 2.35. The van der Waals surface area contributed by atoms with Gasteiger partial charge in [0.15, 0.2) is 0 Å². The summed E-state index contributed by atoms with van der Waals surface area (Å²) < 4.78 is 0. The zero-order valence-electron chi connectivity index (χ0n) is 32.4. The molecule has 2 aliphatic heterocycles. The van der Waals surface area contributed by atoms with Crippen LogP contribution < -0.4 is 10.6 Å². The van der Waals surface area contributed by atoms with Crippen LogP contribution in [-0.2, 0) is 9.59 Å². The largest absolute Gasteiger partial charge is 0.465 e. The summed E-state index contributed by atoms with van der Waals surface area (Å²) in [6.07, 6.45) is 3.92. The summed E-state index contributed by atoms with van der Waals surface area (Å²) in [6.45, 7) is 1.00. The molecule has 2 fully saturated rings. The Morgan fingerprint density at radius 1 is 0.583 bits per heavy atom. The molecule has 14 nitrogen and oxygen atoms in total. The lowest BCUT2D eigenvalue weighted by Gasteiger charge is -2.28. The Balaban J connectivity index is 0.902. The standard InChI is InChI=1S/C46H42N8O6/c55-43(39(51-45(57)58)33-9-3-1-4-10-33)53-25-7-13-37(53)41-47-27-35(49-41)31-21-17-29(18-22-31)15-16-30-19-23-32(24-20-30)36-28-48-42(50-36)38-14-8-26-54(38)44(56)40(52-46(59)60)34-11-5-2-6-12-34/h1-6,9-12,17-24,27-28,37-40,51-52H,7-8,13-14,25-26H2,(H,47,49)(H,48,50)(H,57,58)(H,59,60)/t37-,38-,39+,40+/m0/s1. The molecule has 2 saturated heterocycles. The lowest BCUT2D eigenvalue weighted by Crippen LogP contribution is -2.42. The number of H-pyrrole nitrogens is 2. The van der Waals surface area contributed by atoms with E-state index in [-0.39, 0.29) is 23.9 Å². The number of nitrogens with zero attached hydrogens (tertiary/aromatic N) is 4. The maximum Gasteiger partial charge on any atom is 0.405 e. The van der Waals surface area contributed by atoms with Crippen LogP contribution in [0.2, 0.25) is 0 Å². The van der Waals surface area contributed by atoms with Crippen molar-refractivity contribution in [3.63, 3.8) is 0 Å². The second kappa shape index (κ2) is 17.5. The van der Waals surface area contributed by atoms with Crippen LogP contribution in [0.15, 0.2) is 122 Å². The van der Waals surface area contributed by atoms with Crippen LogP contribution in [0.3, 0.4) is 0 Å². The van der Waals surface area contributed by atoms with E-state index < -0.39 is 24.3 Å². The average Bonchev–Trinajstić information content (AvgIpc) is 4.12. The van der Waals surface area contributed by atoms with Gasteiger partial charge in [-0.05, 0) is 72.2 Å². The Morgan fingerprint density at radius 3 is 1.33 bits per heavy atom. The number of aromatic amines is 2. The van der Waals surface area contributed by atoms with Gasteiger partial charge in [0, 0.05) is 24.2 Å². The van der Waals surface area contributed by atoms with Gasteiger partial charge in [-0.1, -0.05) is 96.8 Å². The van der Waals surface area contributed by atoms with Crippen LogP contribution >= 0.6 is 0 Å². The van der Waals surface area contributed by atoms with E-state index in [1.54, 1.807) is 70.7 Å². The molecular formula is C46H42N8O6. The van der Waals surface area contributed by atoms with Gasteiger partial charge in [-0.15, -0.1) is 0 Å². The minimum absolute atomic E-state index is 0.309. The van der Waals surface area contributed by atoms with E-state index in [9.17, 15) is 29.4 Å². The van der Waals surface area contributed by atoms with E-state index in [1.807, 2.05) is 60.7 Å². The number of likely N-dealkylation sites (tertiary alicyclic amines) is 2. The van der Waals surface area contributed by atoms with Crippen LogP contribution in [0.25, 0.3) is 22.5 Å². The zero-order valence-corrected chi connectivity index (χ0v) is 32.4. The molecule has 14 heteroatoms. The van der Waals surface area contributed by atoms with Crippen molar-refractivity contribution < 1.29 is 29.4 Å². The summed E-state index contributed by atoms with van der Waals surface area (Å²) in [5.41, 5.74) is 6.22. The van der Waals surface area contributed by atoms with Crippen molar-refractivity contribution in [1.82, 2.24) is 40.4 Å². The normalized spacial score (nSPS) is 17.0. The van der Waals surface area contributed by atoms with Crippen molar-refractivity contribution in [2.75, 3.05) is 13.1 Å². The molecule has 302 valence electrons. The third-order valence-electron chi connectivity index (χ3n) is 10.9. The van der Waals surface area contributed by atoms with Gasteiger partial charge in [-0.25, -0.2) is 19.6 Å². The zero-order chi connectivity index (χ0) is 41.6. The van der Waals surface area contributed by atoms with Gasteiger partial charge < -0.3 is 40.6 Å². The lowest BCUT2D eigenvalue weighted by molar-refractivity contribution is -0.135. The number of rotatable bonds is 10. The second-order valence-corrected chi connectivity index (χ2v) is 14.7. The van der Waals surface area contributed by atoms with E-state index in [4.69, 9.17) is 0 Å². The molecule has 2 aromatic heterocycles. The molecule has 0 bridgehead atoms. The topological polar surface area (TPSA) is 197 Å². The number of hydrogen-bond donors (Lipinski definition) is 6. The SMILES string of the molecule is O=C(O)N[C@@H](C(=O)N1CCC[C@H]1c1ncc(-c2ccc(C#Cc3ccc(-c4cnc([C@@H]5CCCN5C(=O)[C@H](NC(=O)O)c5ccccc5)[nH]4)cc3)cc2)[nH]1)c1ccccc1. The van der Waals surface area contributed by atoms with Gasteiger partial charge in [-0.2, -0.15) is 0 Å². The summed E-state index contributed by atoms with van der Waals surface area (Å²) >= 11 is 0. The molecule has 4 heterocycles. The first-order valence-corrected chi connectivity index (χ1v) is 19.7. The van der Waals surface area contributed by atoms with Crippen LogP contribution in [0.5, 0.6) is 0 Å². The van der Waals surface area contributed by atoms with E-state index in [2.05, 4.69) is 42.4 Å². The van der Waals surface area contributed by atoms with Gasteiger partial charge in [0.1, 0.15) is 23.7 Å². The molecule has 60 heavy (non-hydrogen) atoms. The van der Waals surface area contributed by atoms with Gasteiger partial charge >= 0.3 is 12.2 Å². The van der Waals surface area contributed by atoms with E-state index >= 15 is 0 Å². The van der Waals surface area contributed by atoms with Crippen molar-refractivity contribution in [3.05, 3.63) is 155 Å². The molecule has 8 rings (SSSR count). The van der Waals surface area contributed by atoms with Crippen molar-refractivity contribution in [3.8, 4) is 34.4 Å². The molecule has 0 unspecified atom stereocenters. The predicted molar refractivity (Wildman–Crippen MR) is 222 cm³/mol. The summed E-state index contributed by atoms with van der Waals surface area (Å²) in [4.78, 5) is 70.0. The van der Waals surface area contributed by atoms with E-state index in [0.29, 0.717) is 48.7 Å².